The molecule has 0 radical (unpaired) electrons. The zero-order chi connectivity index (χ0) is 12.4. The number of halogens is 1. The summed E-state index contributed by atoms with van der Waals surface area (Å²) in [6.07, 6.45) is 1.68. The number of nitrogens with one attached hydrogen (secondary N) is 1. The molecular weight excluding hydrogens is 238 g/mol. The van der Waals surface area contributed by atoms with E-state index in [9.17, 15) is 0 Å². The van der Waals surface area contributed by atoms with E-state index in [1.165, 1.54) is 0 Å². The summed E-state index contributed by atoms with van der Waals surface area (Å²) in [5.41, 5.74) is 5.71. The number of hydrogen-bond acceptors (Lipinski definition) is 4. The Bertz CT molecular complexity index is 502. The SMILES string of the molecule is Cc1cc(Cl)cc(C(NN)c2cnnn2C)c1. The molecular formula is C11H14ClN5. The summed E-state index contributed by atoms with van der Waals surface area (Å²) in [4.78, 5) is 0. The smallest absolute Gasteiger partial charge is 0.0895 e. The van der Waals surface area contributed by atoms with Crippen molar-refractivity contribution in [3.63, 3.8) is 0 Å². The van der Waals surface area contributed by atoms with Gasteiger partial charge in [0, 0.05) is 12.1 Å². The highest BCUT2D eigenvalue weighted by Crippen LogP contribution is 2.24. The second-order valence-electron chi connectivity index (χ2n) is 3.94. The second-order valence-corrected chi connectivity index (χ2v) is 4.38. The first kappa shape index (κ1) is 12.0. The van der Waals surface area contributed by atoms with Gasteiger partial charge in [0.25, 0.3) is 0 Å². The van der Waals surface area contributed by atoms with Crippen LogP contribution in [0.15, 0.2) is 24.4 Å². The lowest BCUT2D eigenvalue weighted by molar-refractivity contribution is 0.570. The molecule has 1 aromatic carbocycles. The van der Waals surface area contributed by atoms with Crippen LogP contribution in [-0.4, -0.2) is 15.0 Å². The Balaban J connectivity index is 2.45. The summed E-state index contributed by atoms with van der Waals surface area (Å²) in [5.74, 6) is 5.60. The number of nitrogens with two attached hydrogens (primary N) is 1. The van der Waals surface area contributed by atoms with Gasteiger partial charge in [-0.25, -0.2) is 5.43 Å². The fraction of sp³-hybridized carbons (Fsp3) is 0.273. The van der Waals surface area contributed by atoms with Gasteiger partial charge in [0.1, 0.15) is 0 Å². The first-order chi connectivity index (χ1) is 8.11. The van der Waals surface area contributed by atoms with Crippen molar-refractivity contribution in [2.45, 2.75) is 13.0 Å². The van der Waals surface area contributed by atoms with Crippen molar-refractivity contribution in [1.29, 1.82) is 0 Å². The third kappa shape index (κ3) is 2.46. The number of aryl methyl sites for hydroxylation is 2. The van der Waals surface area contributed by atoms with E-state index >= 15 is 0 Å². The van der Waals surface area contributed by atoms with Gasteiger partial charge >= 0.3 is 0 Å². The van der Waals surface area contributed by atoms with E-state index in [1.54, 1.807) is 10.9 Å². The summed E-state index contributed by atoms with van der Waals surface area (Å²) < 4.78 is 1.68. The molecule has 2 aromatic rings. The number of benzene rings is 1. The normalized spacial score (nSPS) is 12.7. The number of hydrazine groups is 1. The third-order valence-corrected chi connectivity index (χ3v) is 2.83. The zero-order valence-electron chi connectivity index (χ0n) is 9.68. The molecule has 1 heterocycles. The fourth-order valence-electron chi connectivity index (χ4n) is 1.84. The van der Waals surface area contributed by atoms with Gasteiger partial charge in [0.05, 0.1) is 17.9 Å². The highest BCUT2D eigenvalue weighted by atomic mass is 35.5. The molecule has 1 atom stereocenters. The van der Waals surface area contributed by atoms with Crippen LogP contribution < -0.4 is 11.3 Å². The van der Waals surface area contributed by atoms with Gasteiger partial charge in [0.15, 0.2) is 0 Å². The lowest BCUT2D eigenvalue weighted by Gasteiger charge is -2.16. The van der Waals surface area contributed by atoms with Gasteiger partial charge in [-0.05, 0) is 30.2 Å². The quantitative estimate of drug-likeness (QED) is 0.638. The van der Waals surface area contributed by atoms with E-state index in [1.807, 2.05) is 32.2 Å². The molecule has 5 nitrogen and oxygen atoms in total. The van der Waals surface area contributed by atoms with E-state index in [0.717, 1.165) is 16.8 Å². The number of rotatable bonds is 3. The van der Waals surface area contributed by atoms with Crippen molar-refractivity contribution in [1.82, 2.24) is 20.4 Å². The molecule has 1 unspecified atom stereocenters. The van der Waals surface area contributed by atoms with E-state index in [0.29, 0.717) is 5.02 Å². The summed E-state index contributed by atoms with van der Waals surface area (Å²) in [7, 11) is 1.82. The predicted octanol–water partition coefficient (Wildman–Crippen LogP) is 1.33. The van der Waals surface area contributed by atoms with Crippen molar-refractivity contribution in [3.05, 3.63) is 46.2 Å². The Morgan fingerprint density at radius 3 is 2.71 bits per heavy atom. The monoisotopic (exact) mass is 251 g/mol. The summed E-state index contributed by atoms with van der Waals surface area (Å²) in [5, 5.41) is 8.43. The van der Waals surface area contributed by atoms with E-state index in [-0.39, 0.29) is 6.04 Å². The molecule has 0 aliphatic rings. The van der Waals surface area contributed by atoms with Crippen LogP contribution in [0.4, 0.5) is 0 Å². The average Bonchev–Trinajstić information content (AvgIpc) is 2.65. The van der Waals surface area contributed by atoms with Crippen molar-refractivity contribution in [3.8, 4) is 0 Å². The molecule has 17 heavy (non-hydrogen) atoms. The maximum atomic E-state index is 6.05. The molecule has 0 spiro atoms. The van der Waals surface area contributed by atoms with Crippen LogP contribution in [0.3, 0.4) is 0 Å². The van der Waals surface area contributed by atoms with E-state index in [2.05, 4.69) is 15.7 Å². The standard InChI is InChI=1S/C11H14ClN5/c1-7-3-8(5-9(12)4-7)11(15-13)10-6-14-16-17(10)2/h3-6,11,15H,13H2,1-2H3. The van der Waals surface area contributed by atoms with Crippen LogP contribution in [0.1, 0.15) is 22.9 Å². The topological polar surface area (TPSA) is 68.8 Å². The largest absolute Gasteiger partial charge is 0.271 e. The van der Waals surface area contributed by atoms with Crippen LogP contribution in [0.5, 0.6) is 0 Å². The van der Waals surface area contributed by atoms with Crippen LogP contribution in [-0.2, 0) is 7.05 Å². The Hall–Kier alpha value is -1.43. The lowest BCUT2D eigenvalue weighted by atomic mass is 10.0. The Kier molecular flexibility index (Phi) is 3.42. The van der Waals surface area contributed by atoms with Crippen LogP contribution in [0.2, 0.25) is 5.02 Å². The van der Waals surface area contributed by atoms with Crippen molar-refractivity contribution < 1.29 is 0 Å². The first-order valence-corrected chi connectivity index (χ1v) is 5.57. The molecule has 6 heteroatoms. The lowest BCUT2D eigenvalue weighted by Crippen LogP contribution is -2.30. The molecule has 0 amide bonds. The number of aromatic nitrogens is 3. The molecule has 0 fully saturated rings. The first-order valence-electron chi connectivity index (χ1n) is 5.19. The molecule has 0 bridgehead atoms. The molecule has 90 valence electrons. The summed E-state index contributed by atoms with van der Waals surface area (Å²) >= 11 is 6.05. The molecule has 0 aliphatic carbocycles. The van der Waals surface area contributed by atoms with Gasteiger partial charge < -0.3 is 0 Å². The van der Waals surface area contributed by atoms with Gasteiger partial charge in [-0.1, -0.05) is 22.9 Å². The summed E-state index contributed by atoms with van der Waals surface area (Å²) in [6, 6.07) is 5.64. The maximum Gasteiger partial charge on any atom is 0.0895 e. The highest BCUT2D eigenvalue weighted by molar-refractivity contribution is 6.30. The third-order valence-electron chi connectivity index (χ3n) is 2.61. The molecule has 3 N–H and O–H groups in total. The van der Waals surface area contributed by atoms with E-state index in [4.69, 9.17) is 17.4 Å². The molecule has 2 rings (SSSR count). The van der Waals surface area contributed by atoms with Gasteiger partial charge in [0.2, 0.25) is 0 Å². The minimum atomic E-state index is -0.174. The minimum Gasteiger partial charge on any atom is -0.271 e. The highest BCUT2D eigenvalue weighted by Gasteiger charge is 2.17. The Morgan fingerprint density at radius 1 is 1.41 bits per heavy atom. The van der Waals surface area contributed by atoms with E-state index < -0.39 is 0 Å². The minimum absolute atomic E-state index is 0.174. The Labute approximate surface area is 105 Å². The van der Waals surface area contributed by atoms with Gasteiger partial charge in [-0.2, -0.15) is 0 Å². The molecule has 0 aliphatic heterocycles. The van der Waals surface area contributed by atoms with Gasteiger partial charge in [-0.15, -0.1) is 5.10 Å². The van der Waals surface area contributed by atoms with Crippen molar-refractivity contribution >= 4 is 11.6 Å². The molecule has 0 saturated carbocycles. The Morgan fingerprint density at radius 2 is 2.18 bits per heavy atom. The molecule has 1 aromatic heterocycles. The second kappa shape index (κ2) is 4.83. The average molecular weight is 252 g/mol. The van der Waals surface area contributed by atoms with Crippen molar-refractivity contribution in [2.24, 2.45) is 12.9 Å². The molecule has 0 saturated heterocycles. The fourth-order valence-corrected chi connectivity index (χ4v) is 2.14. The van der Waals surface area contributed by atoms with Crippen LogP contribution in [0.25, 0.3) is 0 Å². The maximum absolute atomic E-state index is 6.05. The number of nitrogens with zero attached hydrogens (tertiary/aromatic N) is 3. The summed E-state index contributed by atoms with van der Waals surface area (Å²) in [6.45, 7) is 1.99. The number of hydrogen-bond donors (Lipinski definition) is 2. The van der Waals surface area contributed by atoms with Crippen LogP contribution >= 0.6 is 11.6 Å². The van der Waals surface area contributed by atoms with Crippen LogP contribution in [0, 0.1) is 6.92 Å². The van der Waals surface area contributed by atoms with Gasteiger partial charge in [-0.3, -0.25) is 10.5 Å². The van der Waals surface area contributed by atoms with Crippen molar-refractivity contribution in [2.75, 3.05) is 0 Å². The zero-order valence-corrected chi connectivity index (χ0v) is 10.4. The predicted molar refractivity (Wildman–Crippen MR) is 66.4 cm³/mol.